The first kappa shape index (κ1) is 28.5. The number of methoxy groups -OCH3 is 1. The SMILES string of the molecule is COc1cccc(CCN(C(=O)OC(C)(C)C)[C@H](CCCNC(=O)OCc2ccccc2)C(N)=O)c1. The molecule has 0 aromatic heterocycles. The molecule has 2 rings (SSSR count). The van der Waals surface area contributed by atoms with Crippen molar-refractivity contribution in [3.05, 3.63) is 65.7 Å². The summed E-state index contributed by atoms with van der Waals surface area (Å²) in [5.74, 6) is 0.0612. The molecule has 0 saturated carbocycles. The number of primary amides is 1. The topological polar surface area (TPSA) is 120 Å². The van der Waals surface area contributed by atoms with Gasteiger partial charge < -0.3 is 25.3 Å². The molecule has 0 heterocycles. The highest BCUT2D eigenvalue weighted by atomic mass is 16.6. The summed E-state index contributed by atoms with van der Waals surface area (Å²) in [4.78, 5) is 38.7. The van der Waals surface area contributed by atoms with Gasteiger partial charge in [-0.2, -0.15) is 0 Å². The van der Waals surface area contributed by atoms with Crippen LogP contribution in [-0.4, -0.2) is 54.8 Å². The lowest BCUT2D eigenvalue weighted by atomic mass is 10.1. The number of nitrogens with one attached hydrogen (secondary N) is 1. The minimum atomic E-state index is -0.896. The van der Waals surface area contributed by atoms with Crippen molar-refractivity contribution >= 4 is 18.1 Å². The Morgan fingerprint density at radius 3 is 2.36 bits per heavy atom. The largest absolute Gasteiger partial charge is 0.497 e. The van der Waals surface area contributed by atoms with Crippen molar-refractivity contribution in [1.82, 2.24) is 10.2 Å². The van der Waals surface area contributed by atoms with E-state index in [1.54, 1.807) is 27.9 Å². The highest BCUT2D eigenvalue weighted by Crippen LogP contribution is 2.18. The number of nitrogens with zero attached hydrogens (tertiary/aromatic N) is 1. The van der Waals surface area contributed by atoms with Crippen LogP contribution in [0.3, 0.4) is 0 Å². The molecular weight excluding hydrogens is 462 g/mol. The van der Waals surface area contributed by atoms with Gasteiger partial charge in [-0.3, -0.25) is 9.69 Å². The Morgan fingerprint density at radius 2 is 1.72 bits per heavy atom. The Balaban J connectivity index is 1.97. The Hall–Kier alpha value is -3.75. The van der Waals surface area contributed by atoms with Crippen LogP contribution in [0.1, 0.15) is 44.7 Å². The number of rotatable bonds is 12. The molecule has 0 unspecified atom stereocenters. The van der Waals surface area contributed by atoms with Crippen LogP contribution in [0, 0.1) is 0 Å². The van der Waals surface area contributed by atoms with Gasteiger partial charge in [0.25, 0.3) is 0 Å². The van der Waals surface area contributed by atoms with E-state index in [0.717, 1.165) is 11.1 Å². The van der Waals surface area contributed by atoms with Crippen molar-refractivity contribution in [1.29, 1.82) is 0 Å². The first-order valence-electron chi connectivity index (χ1n) is 12.0. The summed E-state index contributed by atoms with van der Waals surface area (Å²) in [7, 11) is 1.58. The van der Waals surface area contributed by atoms with Crippen LogP contribution in [0.15, 0.2) is 54.6 Å². The zero-order chi connectivity index (χ0) is 26.6. The molecule has 9 heteroatoms. The van der Waals surface area contributed by atoms with E-state index in [2.05, 4.69) is 5.32 Å². The third-order valence-corrected chi connectivity index (χ3v) is 5.24. The number of ether oxygens (including phenoxy) is 3. The minimum absolute atomic E-state index is 0.160. The summed E-state index contributed by atoms with van der Waals surface area (Å²) < 4.78 is 16.0. The lowest BCUT2D eigenvalue weighted by Crippen LogP contribution is -2.50. The van der Waals surface area contributed by atoms with Gasteiger partial charge in [0.05, 0.1) is 7.11 Å². The smallest absolute Gasteiger partial charge is 0.410 e. The molecule has 0 aliphatic rings. The normalized spacial score (nSPS) is 11.8. The fourth-order valence-electron chi connectivity index (χ4n) is 3.48. The van der Waals surface area contributed by atoms with Gasteiger partial charge >= 0.3 is 12.2 Å². The van der Waals surface area contributed by atoms with Crippen LogP contribution in [-0.2, 0) is 27.3 Å². The van der Waals surface area contributed by atoms with Gasteiger partial charge in [0, 0.05) is 13.1 Å². The predicted molar refractivity (Wildman–Crippen MR) is 136 cm³/mol. The van der Waals surface area contributed by atoms with Crippen LogP contribution in [0.2, 0.25) is 0 Å². The lowest BCUT2D eigenvalue weighted by molar-refractivity contribution is -0.123. The summed E-state index contributed by atoms with van der Waals surface area (Å²) in [6, 6.07) is 15.9. The molecule has 0 aliphatic heterocycles. The van der Waals surface area contributed by atoms with Gasteiger partial charge in [0.15, 0.2) is 0 Å². The molecule has 3 amide bonds. The van der Waals surface area contributed by atoms with Crippen molar-refractivity contribution in [3.8, 4) is 5.75 Å². The van der Waals surface area contributed by atoms with Gasteiger partial charge in [-0.15, -0.1) is 0 Å². The van der Waals surface area contributed by atoms with Gasteiger partial charge in [-0.25, -0.2) is 9.59 Å². The molecular formula is C27H37N3O6. The Morgan fingerprint density at radius 1 is 1.03 bits per heavy atom. The minimum Gasteiger partial charge on any atom is -0.497 e. The molecule has 0 spiro atoms. The summed E-state index contributed by atoms with van der Waals surface area (Å²) in [6.45, 7) is 5.92. The van der Waals surface area contributed by atoms with E-state index < -0.39 is 29.7 Å². The van der Waals surface area contributed by atoms with Gasteiger partial charge in [-0.1, -0.05) is 42.5 Å². The summed E-state index contributed by atoms with van der Waals surface area (Å²) >= 11 is 0. The fraction of sp³-hybridized carbons (Fsp3) is 0.444. The molecule has 36 heavy (non-hydrogen) atoms. The zero-order valence-electron chi connectivity index (χ0n) is 21.5. The third-order valence-electron chi connectivity index (χ3n) is 5.24. The average molecular weight is 500 g/mol. The summed E-state index contributed by atoms with van der Waals surface area (Å²) in [6.07, 6.45) is -0.0384. The van der Waals surface area contributed by atoms with E-state index in [1.165, 1.54) is 4.90 Å². The molecule has 9 nitrogen and oxygen atoms in total. The molecule has 196 valence electrons. The number of carbonyl (C=O) groups excluding carboxylic acids is 3. The predicted octanol–water partition coefficient (Wildman–Crippen LogP) is 4.04. The molecule has 0 bridgehead atoms. The van der Waals surface area contributed by atoms with E-state index in [-0.39, 0.29) is 26.1 Å². The van der Waals surface area contributed by atoms with Crippen molar-refractivity contribution in [2.75, 3.05) is 20.2 Å². The number of nitrogens with two attached hydrogens (primary N) is 1. The maximum atomic E-state index is 13.0. The quantitative estimate of drug-likeness (QED) is 0.425. The molecule has 0 aliphatic carbocycles. The molecule has 0 saturated heterocycles. The monoisotopic (exact) mass is 499 g/mol. The van der Waals surface area contributed by atoms with Crippen LogP contribution in [0.5, 0.6) is 5.75 Å². The number of carbonyl (C=O) groups is 3. The van der Waals surface area contributed by atoms with Crippen LogP contribution < -0.4 is 15.8 Å². The fourth-order valence-corrected chi connectivity index (χ4v) is 3.48. The second kappa shape index (κ2) is 14.0. The van der Waals surface area contributed by atoms with Crippen molar-refractivity contribution in [2.45, 2.75) is 58.3 Å². The maximum Gasteiger partial charge on any atom is 0.410 e. The standard InChI is InChI=1S/C27H37N3O6/c1-27(2,3)36-26(33)30(17-15-20-12-8-13-22(18-20)34-4)23(24(28)31)14-9-16-29-25(32)35-19-21-10-6-5-7-11-21/h5-8,10-13,18,23H,9,14-17,19H2,1-4H3,(H2,28,31)(H,29,32)/t23-/m1/s1. The number of benzene rings is 2. The molecule has 3 N–H and O–H groups in total. The average Bonchev–Trinajstić information content (AvgIpc) is 2.83. The lowest BCUT2D eigenvalue weighted by Gasteiger charge is -2.32. The molecule has 2 aromatic carbocycles. The molecule has 2 aromatic rings. The van der Waals surface area contributed by atoms with Crippen molar-refractivity contribution in [3.63, 3.8) is 0 Å². The number of alkyl carbamates (subject to hydrolysis) is 1. The Kier molecular flexibility index (Phi) is 11.1. The number of hydrogen-bond acceptors (Lipinski definition) is 6. The van der Waals surface area contributed by atoms with Crippen LogP contribution in [0.25, 0.3) is 0 Å². The zero-order valence-corrected chi connectivity index (χ0v) is 21.5. The molecule has 0 fully saturated rings. The van der Waals surface area contributed by atoms with E-state index >= 15 is 0 Å². The van der Waals surface area contributed by atoms with Gasteiger partial charge in [-0.05, 0) is 63.3 Å². The van der Waals surface area contributed by atoms with E-state index in [9.17, 15) is 14.4 Å². The second-order valence-corrected chi connectivity index (χ2v) is 9.32. The van der Waals surface area contributed by atoms with E-state index in [1.807, 2.05) is 54.6 Å². The van der Waals surface area contributed by atoms with Gasteiger partial charge in [0.1, 0.15) is 24.0 Å². The third kappa shape index (κ3) is 10.2. The maximum absolute atomic E-state index is 13.0. The molecule has 1 atom stereocenters. The number of amides is 3. The number of hydrogen-bond donors (Lipinski definition) is 2. The molecule has 0 radical (unpaired) electrons. The highest BCUT2D eigenvalue weighted by Gasteiger charge is 2.31. The summed E-state index contributed by atoms with van der Waals surface area (Å²) in [5.41, 5.74) is 6.77. The van der Waals surface area contributed by atoms with E-state index in [4.69, 9.17) is 19.9 Å². The summed E-state index contributed by atoms with van der Waals surface area (Å²) in [5, 5.41) is 2.66. The Labute approximate surface area is 212 Å². The first-order valence-corrected chi connectivity index (χ1v) is 12.0. The second-order valence-electron chi connectivity index (χ2n) is 9.32. The highest BCUT2D eigenvalue weighted by molar-refractivity contribution is 5.84. The van der Waals surface area contributed by atoms with Crippen molar-refractivity contribution in [2.24, 2.45) is 5.73 Å². The Bertz CT molecular complexity index is 991. The van der Waals surface area contributed by atoms with Crippen LogP contribution >= 0.6 is 0 Å². The van der Waals surface area contributed by atoms with Crippen molar-refractivity contribution < 1.29 is 28.6 Å². The van der Waals surface area contributed by atoms with E-state index in [0.29, 0.717) is 18.6 Å². The van der Waals surface area contributed by atoms with Crippen LogP contribution in [0.4, 0.5) is 9.59 Å². The first-order chi connectivity index (χ1) is 17.1. The van der Waals surface area contributed by atoms with Gasteiger partial charge in [0.2, 0.25) is 5.91 Å².